The molecular formula is C21H22Cl2O4. The van der Waals surface area contributed by atoms with Gasteiger partial charge in [0.05, 0.1) is 0 Å². The Labute approximate surface area is 169 Å². The lowest BCUT2D eigenvalue weighted by atomic mass is 9.98. The number of carbonyl (C=O) groups excluding carboxylic acids is 2. The number of aryl methyl sites for hydroxylation is 2. The number of hydrogen-bond acceptors (Lipinski definition) is 4. The average molecular weight is 409 g/mol. The smallest absolute Gasteiger partial charge is 0.308 e. The summed E-state index contributed by atoms with van der Waals surface area (Å²) in [6, 6.07) is 11.3. The topological polar surface area (TPSA) is 52.6 Å². The molecule has 0 aliphatic heterocycles. The van der Waals surface area contributed by atoms with Gasteiger partial charge in [-0.3, -0.25) is 9.59 Å². The van der Waals surface area contributed by atoms with Crippen LogP contribution in [0.2, 0.25) is 0 Å². The third-order valence-electron chi connectivity index (χ3n) is 3.90. The van der Waals surface area contributed by atoms with Crippen molar-refractivity contribution in [2.45, 2.75) is 33.1 Å². The van der Waals surface area contributed by atoms with Gasteiger partial charge < -0.3 is 9.47 Å². The standard InChI is InChI=1S/C21H22Cl2O4/c1-14(24)26-20-5-3-16(7-9-22)11-18(20)13-19-12-17(8-10-23)4-6-21(19)27-15(2)25/h3-6,11-12H,7-10,13H2,1-2H3. The summed E-state index contributed by atoms with van der Waals surface area (Å²) >= 11 is 11.7. The fourth-order valence-electron chi connectivity index (χ4n) is 2.79. The summed E-state index contributed by atoms with van der Waals surface area (Å²) < 4.78 is 10.7. The molecule has 0 radical (unpaired) electrons. The lowest BCUT2D eigenvalue weighted by molar-refractivity contribution is -0.132. The highest BCUT2D eigenvalue weighted by Gasteiger charge is 2.14. The second kappa shape index (κ2) is 10.3. The number of alkyl halides is 2. The molecule has 0 N–H and O–H groups in total. The molecule has 144 valence electrons. The van der Waals surface area contributed by atoms with E-state index >= 15 is 0 Å². The maximum atomic E-state index is 11.5. The van der Waals surface area contributed by atoms with Crippen molar-refractivity contribution in [3.05, 3.63) is 58.7 Å². The quantitative estimate of drug-likeness (QED) is 0.361. The van der Waals surface area contributed by atoms with E-state index in [9.17, 15) is 9.59 Å². The van der Waals surface area contributed by atoms with E-state index in [1.807, 2.05) is 24.3 Å². The van der Waals surface area contributed by atoms with Gasteiger partial charge in [0.15, 0.2) is 0 Å². The SMILES string of the molecule is CC(=O)Oc1ccc(CCCl)cc1Cc1cc(CCCl)ccc1OC(C)=O. The van der Waals surface area contributed by atoms with Crippen LogP contribution in [0.3, 0.4) is 0 Å². The van der Waals surface area contributed by atoms with Crippen molar-refractivity contribution < 1.29 is 19.1 Å². The molecule has 2 aromatic carbocycles. The summed E-state index contributed by atoms with van der Waals surface area (Å²) in [5.41, 5.74) is 3.73. The van der Waals surface area contributed by atoms with Crippen LogP contribution in [0.25, 0.3) is 0 Å². The lowest BCUT2D eigenvalue weighted by Gasteiger charge is -2.14. The van der Waals surface area contributed by atoms with Crippen molar-refractivity contribution in [1.82, 2.24) is 0 Å². The molecule has 0 unspecified atom stereocenters. The normalized spacial score (nSPS) is 10.5. The Morgan fingerprint density at radius 1 is 0.778 bits per heavy atom. The fourth-order valence-corrected chi connectivity index (χ4v) is 3.22. The first kappa shape index (κ1) is 21.3. The van der Waals surface area contributed by atoms with Gasteiger partial charge in [-0.15, -0.1) is 23.2 Å². The highest BCUT2D eigenvalue weighted by atomic mass is 35.5. The van der Waals surface area contributed by atoms with Gasteiger partial charge in [0, 0.05) is 32.0 Å². The van der Waals surface area contributed by atoms with E-state index in [1.54, 1.807) is 12.1 Å². The first-order valence-corrected chi connectivity index (χ1v) is 9.72. The molecule has 0 heterocycles. The molecule has 0 aliphatic rings. The minimum atomic E-state index is -0.391. The molecule has 0 atom stereocenters. The van der Waals surface area contributed by atoms with Crippen molar-refractivity contribution >= 4 is 35.1 Å². The van der Waals surface area contributed by atoms with E-state index in [0.29, 0.717) is 42.5 Å². The third-order valence-corrected chi connectivity index (χ3v) is 4.28. The summed E-state index contributed by atoms with van der Waals surface area (Å²) in [6.07, 6.45) is 1.85. The monoisotopic (exact) mass is 408 g/mol. The Bertz CT molecular complexity index is 750. The number of benzene rings is 2. The highest BCUT2D eigenvalue weighted by molar-refractivity contribution is 6.18. The van der Waals surface area contributed by atoms with Crippen LogP contribution in [-0.2, 0) is 28.9 Å². The summed E-state index contributed by atoms with van der Waals surface area (Å²) in [5, 5.41) is 0. The lowest BCUT2D eigenvalue weighted by Crippen LogP contribution is -2.08. The van der Waals surface area contributed by atoms with E-state index in [1.165, 1.54) is 13.8 Å². The van der Waals surface area contributed by atoms with Crippen molar-refractivity contribution in [2.24, 2.45) is 0 Å². The minimum absolute atomic E-state index is 0.391. The zero-order valence-corrected chi connectivity index (χ0v) is 16.9. The Morgan fingerprint density at radius 3 is 1.52 bits per heavy atom. The molecule has 27 heavy (non-hydrogen) atoms. The van der Waals surface area contributed by atoms with E-state index in [-0.39, 0.29) is 0 Å². The zero-order chi connectivity index (χ0) is 19.8. The molecule has 6 heteroatoms. The van der Waals surface area contributed by atoms with Crippen molar-refractivity contribution in [1.29, 1.82) is 0 Å². The van der Waals surface area contributed by atoms with Gasteiger partial charge in [-0.1, -0.05) is 24.3 Å². The number of halogens is 2. The Balaban J connectivity index is 2.45. The van der Waals surface area contributed by atoms with Crippen LogP contribution in [0.1, 0.15) is 36.1 Å². The number of rotatable bonds is 8. The molecule has 2 rings (SSSR count). The molecular weight excluding hydrogens is 387 g/mol. The van der Waals surface area contributed by atoms with Crippen LogP contribution in [0.15, 0.2) is 36.4 Å². The molecule has 0 saturated heterocycles. The highest BCUT2D eigenvalue weighted by Crippen LogP contribution is 2.29. The predicted molar refractivity (Wildman–Crippen MR) is 107 cm³/mol. The maximum absolute atomic E-state index is 11.5. The van der Waals surface area contributed by atoms with Gasteiger partial charge in [0.2, 0.25) is 0 Å². The number of carbonyl (C=O) groups is 2. The van der Waals surface area contributed by atoms with E-state index in [2.05, 4.69) is 0 Å². The van der Waals surface area contributed by atoms with Gasteiger partial charge in [-0.2, -0.15) is 0 Å². The number of ether oxygens (including phenoxy) is 2. The molecule has 4 nitrogen and oxygen atoms in total. The fraction of sp³-hybridized carbons (Fsp3) is 0.333. The zero-order valence-electron chi connectivity index (χ0n) is 15.4. The minimum Gasteiger partial charge on any atom is -0.426 e. The first-order valence-electron chi connectivity index (χ1n) is 8.65. The molecule has 0 fully saturated rings. The number of hydrogen-bond donors (Lipinski definition) is 0. The van der Waals surface area contributed by atoms with Crippen molar-refractivity contribution in [2.75, 3.05) is 11.8 Å². The Hall–Kier alpha value is -2.04. The summed E-state index contributed by atoms with van der Waals surface area (Å²) in [6.45, 7) is 2.73. The van der Waals surface area contributed by atoms with Gasteiger partial charge in [0.25, 0.3) is 0 Å². The van der Waals surface area contributed by atoms with Crippen molar-refractivity contribution in [3.63, 3.8) is 0 Å². The van der Waals surface area contributed by atoms with E-state index in [4.69, 9.17) is 32.7 Å². The Morgan fingerprint density at radius 2 is 1.19 bits per heavy atom. The summed E-state index contributed by atoms with van der Waals surface area (Å²) in [4.78, 5) is 22.9. The van der Waals surface area contributed by atoms with E-state index < -0.39 is 11.9 Å². The maximum Gasteiger partial charge on any atom is 0.308 e. The second-order valence-corrected chi connectivity index (χ2v) is 6.88. The van der Waals surface area contributed by atoms with E-state index in [0.717, 1.165) is 22.3 Å². The average Bonchev–Trinajstić information content (AvgIpc) is 2.59. The van der Waals surface area contributed by atoms with Crippen LogP contribution in [0, 0.1) is 0 Å². The molecule has 0 aromatic heterocycles. The van der Waals surface area contributed by atoms with Gasteiger partial charge in [0.1, 0.15) is 11.5 Å². The predicted octanol–water partition coefficient (Wildman–Crippen LogP) is 4.69. The van der Waals surface area contributed by atoms with Crippen LogP contribution in [-0.4, -0.2) is 23.7 Å². The van der Waals surface area contributed by atoms with Crippen LogP contribution >= 0.6 is 23.2 Å². The molecule has 0 spiro atoms. The van der Waals surface area contributed by atoms with Gasteiger partial charge in [-0.25, -0.2) is 0 Å². The van der Waals surface area contributed by atoms with Crippen LogP contribution < -0.4 is 9.47 Å². The van der Waals surface area contributed by atoms with Gasteiger partial charge >= 0.3 is 11.9 Å². The molecule has 0 bridgehead atoms. The molecule has 0 amide bonds. The summed E-state index contributed by atoms with van der Waals surface area (Å²) in [5.74, 6) is 1.18. The second-order valence-electron chi connectivity index (χ2n) is 6.13. The largest absolute Gasteiger partial charge is 0.426 e. The molecule has 2 aromatic rings. The third kappa shape index (κ3) is 6.56. The van der Waals surface area contributed by atoms with Crippen LogP contribution in [0.4, 0.5) is 0 Å². The summed E-state index contributed by atoms with van der Waals surface area (Å²) in [7, 11) is 0. The first-order chi connectivity index (χ1) is 12.9. The van der Waals surface area contributed by atoms with Crippen LogP contribution in [0.5, 0.6) is 11.5 Å². The number of esters is 2. The Kier molecular flexibility index (Phi) is 8.14. The molecule has 0 saturated carbocycles. The van der Waals surface area contributed by atoms with Crippen molar-refractivity contribution in [3.8, 4) is 11.5 Å². The van der Waals surface area contributed by atoms with Gasteiger partial charge in [-0.05, 0) is 47.2 Å². The molecule has 0 aliphatic carbocycles.